The van der Waals surface area contributed by atoms with E-state index in [1.54, 1.807) is 19.2 Å². The predicted octanol–water partition coefficient (Wildman–Crippen LogP) is 2.44. The molecule has 1 aliphatic rings. The van der Waals surface area contributed by atoms with E-state index in [0.717, 1.165) is 18.1 Å². The van der Waals surface area contributed by atoms with E-state index in [1.807, 2.05) is 23.6 Å². The molecule has 0 aromatic heterocycles. The van der Waals surface area contributed by atoms with Crippen LogP contribution in [0.15, 0.2) is 18.2 Å². The van der Waals surface area contributed by atoms with Gasteiger partial charge in [-0.15, -0.1) is 0 Å². The van der Waals surface area contributed by atoms with Gasteiger partial charge in [0.1, 0.15) is 5.82 Å². The summed E-state index contributed by atoms with van der Waals surface area (Å²) in [5.74, 6) is 1.41. The van der Waals surface area contributed by atoms with Crippen molar-refractivity contribution >= 4 is 23.4 Å². The lowest BCUT2D eigenvalue weighted by Crippen LogP contribution is -2.44. The predicted molar refractivity (Wildman–Crippen MR) is 73.8 cm³/mol. The summed E-state index contributed by atoms with van der Waals surface area (Å²) in [5.41, 5.74) is 0.698. The van der Waals surface area contributed by atoms with Gasteiger partial charge < -0.3 is 10.2 Å². The number of para-hydroxylation sites is 1. The van der Waals surface area contributed by atoms with E-state index >= 15 is 0 Å². The normalized spacial score (nSPS) is 19.7. The first-order chi connectivity index (χ1) is 8.65. The number of thioether (sulfide) groups is 1. The average molecular weight is 268 g/mol. The molecule has 1 heterocycles. The first kappa shape index (κ1) is 13.2. The van der Waals surface area contributed by atoms with Gasteiger partial charge in [0.05, 0.1) is 11.3 Å². The molecule has 1 amide bonds. The second-order valence-corrected chi connectivity index (χ2v) is 5.48. The lowest BCUT2D eigenvalue weighted by Gasteiger charge is -2.33. The maximum atomic E-state index is 13.6. The number of nitrogens with zero attached hydrogens (tertiary/aromatic N) is 1. The van der Waals surface area contributed by atoms with Crippen LogP contribution in [0.3, 0.4) is 0 Å². The fourth-order valence-electron chi connectivity index (χ4n) is 2.14. The van der Waals surface area contributed by atoms with Crippen LogP contribution in [-0.4, -0.2) is 41.9 Å². The smallest absolute Gasteiger partial charge is 0.256 e. The molecule has 0 bridgehead atoms. The third kappa shape index (κ3) is 2.46. The highest BCUT2D eigenvalue weighted by molar-refractivity contribution is 7.99. The Labute approximate surface area is 111 Å². The Balaban J connectivity index is 2.30. The number of halogens is 1. The van der Waals surface area contributed by atoms with Crippen molar-refractivity contribution in [2.75, 3.05) is 30.4 Å². The SMILES string of the molecule is CNc1c(F)cccc1C(=O)N1CCSCC1C. The topological polar surface area (TPSA) is 32.3 Å². The van der Waals surface area contributed by atoms with Gasteiger partial charge in [0.15, 0.2) is 0 Å². The van der Waals surface area contributed by atoms with Crippen LogP contribution in [0.4, 0.5) is 10.1 Å². The standard InChI is InChI=1S/C13H17FN2OS/c1-9-8-18-7-6-16(9)13(17)10-4-3-5-11(14)12(10)15-2/h3-5,9,15H,6-8H2,1-2H3. The van der Waals surface area contributed by atoms with Crippen molar-refractivity contribution in [2.45, 2.75) is 13.0 Å². The number of hydrogen-bond acceptors (Lipinski definition) is 3. The first-order valence-corrected chi connectivity index (χ1v) is 7.15. The van der Waals surface area contributed by atoms with Gasteiger partial charge in [-0.1, -0.05) is 6.07 Å². The van der Waals surface area contributed by atoms with Crippen molar-refractivity contribution in [3.63, 3.8) is 0 Å². The van der Waals surface area contributed by atoms with Crippen LogP contribution >= 0.6 is 11.8 Å². The largest absolute Gasteiger partial charge is 0.385 e. The summed E-state index contributed by atoms with van der Waals surface area (Å²) in [6.07, 6.45) is 0. The minimum Gasteiger partial charge on any atom is -0.385 e. The van der Waals surface area contributed by atoms with E-state index in [9.17, 15) is 9.18 Å². The molecule has 3 nitrogen and oxygen atoms in total. The lowest BCUT2D eigenvalue weighted by molar-refractivity contribution is 0.0716. The number of carbonyl (C=O) groups is 1. The summed E-state index contributed by atoms with van der Waals surface area (Å²) in [7, 11) is 1.63. The summed E-state index contributed by atoms with van der Waals surface area (Å²) in [6.45, 7) is 2.76. The molecule has 1 aliphatic heterocycles. The molecule has 0 saturated carbocycles. The molecule has 1 atom stereocenters. The molecule has 0 radical (unpaired) electrons. The number of nitrogens with one attached hydrogen (secondary N) is 1. The number of anilines is 1. The molecular weight excluding hydrogens is 251 g/mol. The van der Waals surface area contributed by atoms with Gasteiger partial charge in [-0.05, 0) is 19.1 Å². The fraction of sp³-hybridized carbons (Fsp3) is 0.462. The number of benzene rings is 1. The Morgan fingerprint density at radius 2 is 2.33 bits per heavy atom. The van der Waals surface area contributed by atoms with Crippen LogP contribution in [0.25, 0.3) is 0 Å². The molecule has 18 heavy (non-hydrogen) atoms. The van der Waals surface area contributed by atoms with Gasteiger partial charge in [-0.3, -0.25) is 4.79 Å². The van der Waals surface area contributed by atoms with E-state index in [1.165, 1.54) is 6.07 Å². The zero-order valence-electron chi connectivity index (χ0n) is 10.6. The molecule has 1 unspecified atom stereocenters. The molecule has 1 aromatic carbocycles. The van der Waals surface area contributed by atoms with E-state index < -0.39 is 0 Å². The van der Waals surface area contributed by atoms with Crippen molar-refractivity contribution in [3.05, 3.63) is 29.6 Å². The molecule has 1 N–H and O–H groups in total. The van der Waals surface area contributed by atoms with Crippen LogP contribution in [0.2, 0.25) is 0 Å². The van der Waals surface area contributed by atoms with Crippen LogP contribution in [0.5, 0.6) is 0 Å². The first-order valence-electron chi connectivity index (χ1n) is 6.00. The summed E-state index contributed by atoms with van der Waals surface area (Å²) in [6, 6.07) is 4.81. The van der Waals surface area contributed by atoms with Gasteiger partial charge >= 0.3 is 0 Å². The molecule has 1 saturated heterocycles. The number of rotatable bonds is 2. The Bertz CT molecular complexity index is 453. The molecule has 1 fully saturated rings. The third-order valence-electron chi connectivity index (χ3n) is 3.12. The maximum Gasteiger partial charge on any atom is 0.256 e. The van der Waals surface area contributed by atoms with Crippen LogP contribution in [-0.2, 0) is 0 Å². The van der Waals surface area contributed by atoms with Crippen LogP contribution in [0, 0.1) is 5.82 Å². The highest BCUT2D eigenvalue weighted by atomic mass is 32.2. The van der Waals surface area contributed by atoms with Crippen LogP contribution < -0.4 is 5.32 Å². The summed E-state index contributed by atoms with van der Waals surface area (Å²) < 4.78 is 13.6. The summed E-state index contributed by atoms with van der Waals surface area (Å²) in [4.78, 5) is 14.3. The Morgan fingerprint density at radius 1 is 1.56 bits per heavy atom. The number of amides is 1. The average Bonchev–Trinajstić information content (AvgIpc) is 2.38. The maximum absolute atomic E-state index is 13.6. The van der Waals surface area contributed by atoms with Crippen LogP contribution in [0.1, 0.15) is 17.3 Å². The molecule has 0 spiro atoms. The molecule has 2 rings (SSSR count). The second kappa shape index (κ2) is 5.61. The zero-order valence-corrected chi connectivity index (χ0v) is 11.4. The minimum atomic E-state index is -0.387. The van der Waals surface area contributed by atoms with Gasteiger partial charge in [-0.2, -0.15) is 11.8 Å². The summed E-state index contributed by atoms with van der Waals surface area (Å²) >= 11 is 1.85. The summed E-state index contributed by atoms with van der Waals surface area (Å²) in [5, 5.41) is 2.77. The van der Waals surface area contributed by atoms with Gasteiger partial charge in [0, 0.05) is 31.1 Å². The van der Waals surface area contributed by atoms with Crippen molar-refractivity contribution in [2.24, 2.45) is 0 Å². The highest BCUT2D eigenvalue weighted by Gasteiger charge is 2.26. The Morgan fingerprint density at radius 3 is 3.00 bits per heavy atom. The lowest BCUT2D eigenvalue weighted by atomic mass is 10.1. The van der Waals surface area contributed by atoms with Gasteiger partial charge in [-0.25, -0.2) is 4.39 Å². The van der Waals surface area contributed by atoms with E-state index in [4.69, 9.17) is 0 Å². The van der Waals surface area contributed by atoms with E-state index in [-0.39, 0.29) is 23.5 Å². The fourth-order valence-corrected chi connectivity index (χ4v) is 3.15. The van der Waals surface area contributed by atoms with Crippen molar-refractivity contribution in [1.82, 2.24) is 4.90 Å². The van der Waals surface area contributed by atoms with Gasteiger partial charge in [0.25, 0.3) is 5.91 Å². The monoisotopic (exact) mass is 268 g/mol. The molecule has 0 aliphatic carbocycles. The molecular formula is C13H17FN2OS. The van der Waals surface area contributed by atoms with E-state index in [0.29, 0.717) is 5.56 Å². The Hall–Kier alpha value is -1.23. The highest BCUT2D eigenvalue weighted by Crippen LogP contribution is 2.24. The Kier molecular flexibility index (Phi) is 4.11. The minimum absolute atomic E-state index is 0.0911. The van der Waals surface area contributed by atoms with Crippen molar-refractivity contribution in [3.8, 4) is 0 Å². The zero-order chi connectivity index (χ0) is 13.1. The third-order valence-corrected chi connectivity index (χ3v) is 4.31. The van der Waals surface area contributed by atoms with E-state index in [2.05, 4.69) is 5.32 Å². The molecule has 98 valence electrons. The second-order valence-electron chi connectivity index (χ2n) is 4.33. The quantitative estimate of drug-likeness (QED) is 0.894. The van der Waals surface area contributed by atoms with Crippen molar-refractivity contribution in [1.29, 1.82) is 0 Å². The number of hydrogen-bond donors (Lipinski definition) is 1. The molecule has 5 heteroatoms. The molecule has 1 aromatic rings. The number of carbonyl (C=O) groups excluding carboxylic acids is 1. The van der Waals surface area contributed by atoms with Gasteiger partial charge in [0.2, 0.25) is 0 Å². The van der Waals surface area contributed by atoms with Crippen molar-refractivity contribution < 1.29 is 9.18 Å².